The van der Waals surface area contributed by atoms with Crippen molar-refractivity contribution in [2.45, 2.75) is 6.18 Å². The third kappa shape index (κ3) is 5.59. The summed E-state index contributed by atoms with van der Waals surface area (Å²) in [4.78, 5) is 31.9. The second-order valence-corrected chi connectivity index (χ2v) is 7.42. The first kappa shape index (κ1) is 24.4. The Kier molecular flexibility index (Phi) is 7.52. The fraction of sp³-hybridized carbons (Fsp3) is 0.381. The highest BCUT2D eigenvalue weighted by molar-refractivity contribution is 6.33. The van der Waals surface area contributed by atoms with E-state index in [1.165, 1.54) is 25.2 Å². The van der Waals surface area contributed by atoms with Crippen molar-refractivity contribution in [3.63, 3.8) is 0 Å². The van der Waals surface area contributed by atoms with Crippen LogP contribution in [0.15, 0.2) is 30.5 Å². The van der Waals surface area contributed by atoms with E-state index in [2.05, 4.69) is 4.98 Å². The number of piperazine rings is 1. The van der Waals surface area contributed by atoms with Gasteiger partial charge in [-0.25, -0.2) is 9.78 Å². The molecule has 0 atom stereocenters. The summed E-state index contributed by atoms with van der Waals surface area (Å²) in [7, 11) is 2.82. The molecule has 12 heteroatoms. The molecule has 1 saturated heterocycles. The van der Waals surface area contributed by atoms with Gasteiger partial charge in [-0.2, -0.15) is 13.2 Å². The predicted octanol–water partition coefficient (Wildman–Crippen LogP) is 3.28. The lowest BCUT2D eigenvalue weighted by molar-refractivity contribution is -0.138. The summed E-state index contributed by atoms with van der Waals surface area (Å²) in [5.74, 6) is -0.375. The fourth-order valence-corrected chi connectivity index (χ4v) is 3.62. The lowest BCUT2D eigenvalue weighted by Crippen LogP contribution is -2.50. The third-order valence-electron chi connectivity index (χ3n) is 5.03. The molecule has 33 heavy (non-hydrogen) atoms. The average molecular weight is 488 g/mol. The minimum absolute atomic E-state index is 0.120. The molecule has 1 aliphatic heterocycles. The number of rotatable bonds is 6. The van der Waals surface area contributed by atoms with Crippen LogP contribution in [-0.2, 0) is 15.7 Å². The Balaban J connectivity index is 1.56. The van der Waals surface area contributed by atoms with Crippen LogP contribution >= 0.6 is 11.6 Å². The van der Waals surface area contributed by atoms with E-state index in [9.17, 15) is 22.8 Å². The van der Waals surface area contributed by atoms with Crippen LogP contribution < -0.4 is 14.4 Å². The normalized spacial score (nSPS) is 14.1. The number of para-hydroxylation sites is 1. The number of anilines is 1. The molecule has 0 saturated carbocycles. The number of amides is 1. The van der Waals surface area contributed by atoms with Crippen molar-refractivity contribution >= 4 is 29.3 Å². The Morgan fingerprint density at radius 3 is 2.39 bits per heavy atom. The van der Waals surface area contributed by atoms with Crippen LogP contribution in [-0.4, -0.2) is 68.8 Å². The van der Waals surface area contributed by atoms with E-state index in [1.807, 2.05) is 0 Å². The number of esters is 1. The zero-order valence-corrected chi connectivity index (χ0v) is 18.6. The van der Waals surface area contributed by atoms with Crippen molar-refractivity contribution in [1.82, 2.24) is 9.88 Å². The van der Waals surface area contributed by atoms with E-state index < -0.39 is 30.2 Å². The van der Waals surface area contributed by atoms with Crippen LogP contribution in [0.3, 0.4) is 0 Å². The summed E-state index contributed by atoms with van der Waals surface area (Å²) in [6, 6.07) is 5.54. The summed E-state index contributed by atoms with van der Waals surface area (Å²) in [6.07, 6.45) is -3.81. The quantitative estimate of drug-likeness (QED) is 0.578. The third-order valence-corrected chi connectivity index (χ3v) is 5.31. The van der Waals surface area contributed by atoms with Gasteiger partial charge in [-0.15, -0.1) is 0 Å². The van der Waals surface area contributed by atoms with Crippen molar-refractivity contribution in [3.8, 4) is 11.5 Å². The molecule has 1 aromatic carbocycles. The first-order valence-electron chi connectivity index (χ1n) is 9.79. The van der Waals surface area contributed by atoms with Crippen LogP contribution in [0.1, 0.15) is 15.9 Å². The standard InChI is InChI=1S/C21H21ClF3N3O5/c1-31-16-5-3-4-14(18(16)32-2)20(30)33-12-17(29)27-6-8-28(9-7-27)19-15(22)10-13(11-26-19)21(23,24)25/h3-5,10-11H,6-9,12H2,1-2H3. The minimum Gasteiger partial charge on any atom is -0.493 e. The number of carbonyl (C=O) groups is 2. The van der Waals surface area contributed by atoms with Crippen LogP contribution in [0.2, 0.25) is 5.02 Å². The zero-order valence-electron chi connectivity index (χ0n) is 17.8. The molecule has 0 N–H and O–H groups in total. The Bertz CT molecular complexity index is 1030. The highest BCUT2D eigenvalue weighted by Gasteiger charge is 2.32. The molecule has 3 rings (SSSR count). The maximum atomic E-state index is 12.8. The molecule has 0 spiro atoms. The monoisotopic (exact) mass is 487 g/mol. The number of methoxy groups -OCH3 is 2. The van der Waals surface area contributed by atoms with E-state index in [0.717, 1.165) is 12.3 Å². The number of benzene rings is 1. The van der Waals surface area contributed by atoms with Gasteiger partial charge in [0.05, 0.1) is 24.8 Å². The lowest BCUT2D eigenvalue weighted by atomic mass is 10.2. The highest BCUT2D eigenvalue weighted by atomic mass is 35.5. The van der Waals surface area contributed by atoms with Gasteiger partial charge >= 0.3 is 12.1 Å². The van der Waals surface area contributed by atoms with Crippen molar-refractivity contribution in [2.75, 3.05) is 51.9 Å². The molecule has 2 aromatic rings. The second-order valence-electron chi connectivity index (χ2n) is 7.01. The molecule has 0 radical (unpaired) electrons. The first-order valence-corrected chi connectivity index (χ1v) is 10.2. The van der Waals surface area contributed by atoms with Crippen molar-refractivity contribution < 1.29 is 37.0 Å². The fourth-order valence-electron chi connectivity index (χ4n) is 3.33. The number of alkyl halides is 3. The molecule has 2 heterocycles. The molecule has 0 bridgehead atoms. The van der Waals surface area contributed by atoms with Gasteiger partial charge in [-0.3, -0.25) is 4.79 Å². The van der Waals surface area contributed by atoms with Crippen LogP contribution in [0.4, 0.5) is 19.0 Å². The molecule has 1 fully saturated rings. The Morgan fingerprint density at radius 2 is 1.82 bits per heavy atom. The van der Waals surface area contributed by atoms with Crippen molar-refractivity contribution in [1.29, 1.82) is 0 Å². The highest BCUT2D eigenvalue weighted by Crippen LogP contribution is 2.34. The van der Waals surface area contributed by atoms with Gasteiger partial charge in [-0.05, 0) is 18.2 Å². The molecule has 8 nitrogen and oxygen atoms in total. The van der Waals surface area contributed by atoms with Gasteiger partial charge in [0.2, 0.25) is 0 Å². The summed E-state index contributed by atoms with van der Waals surface area (Å²) < 4.78 is 53.9. The van der Waals surface area contributed by atoms with Gasteiger partial charge in [0.1, 0.15) is 11.4 Å². The number of hydrogen-bond donors (Lipinski definition) is 0. The Labute approximate surface area is 192 Å². The number of nitrogens with zero attached hydrogens (tertiary/aromatic N) is 3. The lowest BCUT2D eigenvalue weighted by Gasteiger charge is -2.35. The van der Waals surface area contributed by atoms with E-state index in [-0.39, 0.29) is 35.2 Å². The number of aromatic nitrogens is 1. The zero-order chi connectivity index (χ0) is 24.2. The van der Waals surface area contributed by atoms with Crippen LogP contribution in [0.5, 0.6) is 11.5 Å². The molecule has 178 valence electrons. The molecule has 1 aromatic heterocycles. The van der Waals surface area contributed by atoms with Gasteiger partial charge in [0.25, 0.3) is 5.91 Å². The molecular weight excluding hydrogens is 467 g/mol. The predicted molar refractivity (Wildman–Crippen MR) is 113 cm³/mol. The number of halogens is 4. The van der Waals surface area contributed by atoms with Gasteiger partial charge in [-0.1, -0.05) is 17.7 Å². The van der Waals surface area contributed by atoms with E-state index in [4.69, 9.17) is 25.8 Å². The maximum absolute atomic E-state index is 12.8. The van der Waals surface area contributed by atoms with Crippen LogP contribution in [0.25, 0.3) is 0 Å². The van der Waals surface area contributed by atoms with Crippen molar-refractivity contribution in [3.05, 3.63) is 46.6 Å². The Hall–Kier alpha value is -3.21. The largest absolute Gasteiger partial charge is 0.493 e. The maximum Gasteiger partial charge on any atom is 0.417 e. The van der Waals surface area contributed by atoms with Gasteiger partial charge < -0.3 is 24.0 Å². The topological polar surface area (TPSA) is 81.2 Å². The smallest absolute Gasteiger partial charge is 0.417 e. The summed E-state index contributed by atoms with van der Waals surface area (Å²) in [6.45, 7) is 0.664. The molecular formula is C21H21ClF3N3O5. The SMILES string of the molecule is COc1cccc(C(=O)OCC(=O)N2CCN(c3ncc(C(F)(F)F)cc3Cl)CC2)c1OC. The minimum atomic E-state index is -4.54. The van der Waals surface area contributed by atoms with Gasteiger partial charge in [0.15, 0.2) is 18.1 Å². The van der Waals surface area contributed by atoms with E-state index in [0.29, 0.717) is 18.8 Å². The van der Waals surface area contributed by atoms with E-state index >= 15 is 0 Å². The van der Waals surface area contributed by atoms with Gasteiger partial charge in [0, 0.05) is 32.4 Å². The molecule has 0 aliphatic carbocycles. The van der Waals surface area contributed by atoms with Crippen LogP contribution in [0, 0.1) is 0 Å². The summed E-state index contributed by atoms with van der Waals surface area (Å²) in [5, 5.41) is -0.120. The summed E-state index contributed by atoms with van der Waals surface area (Å²) in [5.41, 5.74) is -0.808. The Morgan fingerprint density at radius 1 is 1.12 bits per heavy atom. The van der Waals surface area contributed by atoms with Crippen molar-refractivity contribution in [2.24, 2.45) is 0 Å². The number of hydrogen-bond acceptors (Lipinski definition) is 7. The average Bonchev–Trinajstić information content (AvgIpc) is 2.81. The number of ether oxygens (including phenoxy) is 3. The molecule has 1 amide bonds. The number of carbonyl (C=O) groups excluding carboxylic acids is 2. The second kappa shape index (κ2) is 10.2. The molecule has 0 unspecified atom stereocenters. The first-order chi connectivity index (χ1) is 15.7. The molecule has 1 aliphatic rings. The number of pyridine rings is 1. The van der Waals surface area contributed by atoms with E-state index in [1.54, 1.807) is 17.0 Å². The summed E-state index contributed by atoms with van der Waals surface area (Å²) >= 11 is 6.00.